The van der Waals surface area contributed by atoms with Gasteiger partial charge in [0, 0.05) is 43.7 Å². The summed E-state index contributed by atoms with van der Waals surface area (Å²) in [4.78, 5) is 36.0. The summed E-state index contributed by atoms with van der Waals surface area (Å²) in [6, 6.07) is 12.8. The minimum absolute atomic E-state index is 0.0219. The number of imidazole rings is 1. The second-order valence-electron chi connectivity index (χ2n) is 8.27. The van der Waals surface area contributed by atoms with E-state index >= 15 is 0 Å². The molecule has 0 bridgehead atoms. The van der Waals surface area contributed by atoms with Gasteiger partial charge in [-0.15, -0.1) is 0 Å². The van der Waals surface area contributed by atoms with Crippen LogP contribution in [0.1, 0.15) is 34.9 Å². The first-order valence-electron chi connectivity index (χ1n) is 11.0. The van der Waals surface area contributed by atoms with Gasteiger partial charge in [0.15, 0.2) is 0 Å². The fourth-order valence-electron chi connectivity index (χ4n) is 4.58. The molecule has 2 aliphatic rings. The zero-order chi connectivity index (χ0) is 22.1. The van der Waals surface area contributed by atoms with Crippen LogP contribution < -0.4 is 4.90 Å². The number of rotatable bonds is 4. The number of nitro benzene ring substituents is 1. The van der Waals surface area contributed by atoms with Crippen LogP contribution >= 0.6 is 0 Å². The molecule has 1 aromatic heterocycles. The maximum Gasteiger partial charge on any atom is 0.293 e. The molecule has 32 heavy (non-hydrogen) atoms. The number of para-hydroxylation sites is 2. The number of amides is 1. The lowest BCUT2D eigenvalue weighted by Crippen LogP contribution is -2.40. The summed E-state index contributed by atoms with van der Waals surface area (Å²) >= 11 is 0. The van der Waals surface area contributed by atoms with Crippen LogP contribution in [0.25, 0.3) is 11.0 Å². The van der Waals surface area contributed by atoms with Crippen molar-refractivity contribution in [2.75, 3.05) is 44.3 Å². The highest BCUT2D eigenvalue weighted by atomic mass is 16.6. The Kier molecular flexibility index (Phi) is 5.48. The number of aromatic nitrogens is 2. The number of hydrogen-bond donors (Lipinski definition) is 1. The van der Waals surface area contributed by atoms with Crippen LogP contribution in [-0.4, -0.2) is 65.1 Å². The van der Waals surface area contributed by atoms with Gasteiger partial charge in [-0.1, -0.05) is 12.1 Å². The standard InChI is InChI=1S/C23H25N5O4/c29-23(27-11-13-32-14-12-27)17-5-6-20(21(15-17)28(30)31)26-9-7-16(8-10-26)22-24-18-3-1-2-4-19(18)25-22/h1-6,15-16H,7-14H2,(H,24,25). The van der Waals surface area contributed by atoms with Crippen molar-refractivity contribution >= 4 is 28.3 Å². The minimum Gasteiger partial charge on any atom is -0.378 e. The fraction of sp³-hybridized carbons (Fsp3) is 0.391. The molecule has 9 nitrogen and oxygen atoms in total. The molecule has 2 fully saturated rings. The molecule has 0 radical (unpaired) electrons. The zero-order valence-corrected chi connectivity index (χ0v) is 17.7. The van der Waals surface area contributed by atoms with Crippen LogP contribution in [0, 0.1) is 10.1 Å². The number of ether oxygens (including phenoxy) is 1. The van der Waals surface area contributed by atoms with Crippen LogP contribution in [0.15, 0.2) is 42.5 Å². The predicted octanol–water partition coefficient (Wildman–Crippen LogP) is 3.33. The number of carbonyl (C=O) groups excluding carboxylic acids is 1. The largest absolute Gasteiger partial charge is 0.378 e. The van der Waals surface area contributed by atoms with E-state index in [0.29, 0.717) is 56.6 Å². The quantitative estimate of drug-likeness (QED) is 0.498. The molecule has 9 heteroatoms. The van der Waals surface area contributed by atoms with Gasteiger partial charge in [0.2, 0.25) is 0 Å². The third-order valence-corrected chi connectivity index (χ3v) is 6.35. The van der Waals surface area contributed by atoms with E-state index in [1.165, 1.54) is 6.07 Å². The lowest BCUT2D eigenvalue weighted by Gasteiger charge is -2.32. The van der Waals surface area contributed by atoms with Gasteiger partial charge < -0.3 is 19.5 Å². The first-order valence-corrected chi connectivity index (χ1v) is 11.0. The molecule has 1 amide bonds. The van der Waals surface area contributed by atoms with Crippen molar-refractivity contribution in [2.24, 2.45) is 0 Å². The van der Waals surface area contributed by atoms with Crippen LogP contribution in [0.4, 0.5) is 11.4 Å². The van der Waals surface area contributed by atoms with Gasteiger partial charge in [-0.25, -0.2) is 4.98 Å². The van der Waals surface area contributed by atoms with E-state index in [1.54, 1.807) is 17.0 Å². The number of benzene rings is 2. The first kappa shape index (κ1) is 20.4. The molecule has 0 saturated carbocycles. The van der Waals surface area contributed by atoms with Crippen molar-refractivity contribution in [3.63, 3.8) is 0 Å². The number of carbonyl (C=O) groups is 1. The van der Waals surface area contributed by atoms with E-state index in [1.807, 2.05) is 29.2 Å². The highest BCUT2D eigenvalue weighted by molar-refractivity contribution is 5.96. The van der Waals surface area contributed by atoms with Gasteiger partial charge in [0.25, 0.3) is 11.6 Å². The third-order valence-electron chi connectivity index (χ3n) is 6.35. The van der Waals surface area contributed by atoms with Gasteiger partial charge in [-0.05, 0) is 37.1 Å². The summed E-state index contributed by atoms with van der Waals surface area (Å²) in [6.07, 6.45) is 1.71. The van der Waals surface area contributed by atoms with Crippen LogP contribution in [-0.2, 0) is 4.74 Å². The van der Waals surface area contributed by atoms with E-state index in [9.17, 15) is 14.9 Å². The van der Waals surface area contributed by atoms with E-state index in [-0.39, 0.29) is 11.6 Å². The summed E-state index contributed by atoms with van der Waals surface area (Å²) in [5.41, 5.74) is 2.88. The number of aromatic amines is 1. The lowest BCUT2D eigenvalue weighted by atomic mass is 9.95. The number of hydrogen-bond acceptors (Lipinski definition) is 6. The first-order chi connectivity index (χ1) is 15.6. The monoisotopic (exact) mass is 435 g/mol. The smallest absolute Gasteiger partial charge is 0.293 e. The molecular weight excluding hydrogens is 410 g/mol. The van der Waals surface area contributed by atoms with E-state index in [2.05, 4.69) is 4.98 Å². The Balaban J connectivity index is 1.32. The molecular formula is C23H25N5O4. The predicted molar refractivity (Wildman–Crippen MR) is 120 cm³/mol. The summed E-state index contributed by atoms with van der Waals surface area (Å²) < 4.78 is 5.29. The number of nitrogens with zero attached hydrogens (tertiary/aromatic N) is 4. The van der Waals surface area contributed by atoms with Gasteiger partial charge in [0.05, 0.1) is 29.2 Å². The number of piperidine rings is 1. The maximum atomic E-state index is 12.8. The van der Waals surface area contributed by atoms with Crippen molar-refractivity contribution in [1.29, 1.82) is 0 Å². The second-order valence-corrected chi connectivity index (χ2v) is 8.27. The molecule has 0 unspecified atom stereocenters. The molecule has 0 aliphatic carbocycles. The van der Waals surface area contributed by atoms with Crippen LogP contribution in [0.5, 0.6) is 0 Å². The fourth-order valence-corrected chi connectivity index (χ4v) is 4.58. The molecule has 1 N–H and O–H groups in total. The van der Waals surface area contributed by atoms with Gasteiger partial charge in [-0.2, -0.15) is 0 Å². The Morgan fingerprint density at radius 1 is 1.09 bits per heavy atom. The van der Waals surface area contributed by atoms with Crippen LogP contribution in [0.3, 0.4) is 0 Å². The average Bonchev–Trinajstić information content (AvgIpc) is 3.28. The Labute approximate surface area is 185 Å². The molecule has 0 atom stereocenters. The maximum absolute atomic E-state index is 12.8. The number of nitro groups is 1. The topological polar surface area (TPSA) is 105 Å². The number of morpholine rings is 1. The average molecular weight is 435 g/mol. The second kappa shape index (κ2) is 8.58. The van der Waals surface area contributed by atoms with E-state index in [0.717, 1.165) is 29.7 Å². The Morgan fingerprint density at radius 2 is 1.84 bits per heavy atom. The molecule has 5 rings (SSSR count). The number of H-pyrrole nitrogens is 1. The SMILES string of the molecule is O=C(c1ccc(N2CCC(c3nc4ccccc4[nH]3)CC2)c([N+](=O)[O-])c1)N1CCOCC1. The third kappa shape index (κ3) is 3.91. The highest BCUT2D eigenvalue weighted by Crippen LogP contribution is 2.35. The van der Waals surface area contributed by atoms with Crippen molar-refractivity contribution in [2.45, 2.75) is 18.8 Å². The molecule has 0 spiro atoms. The molecule has 3 heterocycles. The minimum atomic E-state index is -0.392. The lowest BCUT2D eigenvalue weighted by molar-refractivity contribution is -0.384. The van der Waals surface area contributed by atoms with E-state index < -0.39 is 4.92 Å². The van der Waals surface area contributed by atoms with E-state index in [4.69, 9.17) is 9.72 Å². The van der Waals surface area contributed by atoms with Crippen molar-refractivity contribution in [1.82, 2.24) is 14.9 Å². The Hall–Kier alpha value is -3.46. The normalized spacial score (nSPS) is 17.6. The molecule has 2 aromatic carbocycles. The highest BCUT2D eigenvalue weighted by Gasteiger charge is 2.29. The van der Waals surface area contributed by atoms with Crippen LogP contribution in [0.2, 0.25) is 0 Å². The van der Waals surface area contributed by atoms with Crippen molar-refractivity contribution in [3.05, 3.63) is 64.0 Å². The van der Waals surface area contributed by atoms with Crippen molar-refractivity contribution in [3.8, 4) is 0 Å². The summed E-state index contributed by atoms with van der Waals surface area (Å²) in [5, 5.41) is 11.8. The van der Waals surface area contributed by atoms with Gasteiger partial charge in [-0.3, -0.25) is 14.9 Å². The Morgan fingerprint density at radius 3 is 2.56 bits per heavy atom. The van der Waals surface area contributed by atoms with Crippen molar-refractivity contribution < 1.29 is 14.5 Å². The molecule has 3 aromatic rings. The number of fused-ring (bicyclic) bond motifs is 1. The molecule has 166 valence electrons. The molecule has 2 aliphatic heterocycles. The zero-order valence-electron chi connectivity index (χ0n) is 17.7. The Bertz CT molecular complexity index is 1110. The van der Waals surface area contributed by atoms with Gasteiger partial charge in [0.1, 0.15) is 11.5 Å². The molecule has 2 saturated heterocycles. The number of anilines is 1. The summed E-state index contributed by atoms with van der Waals surface area (Å²) in [5.74, 6) is 1.08. The summed E-state index contributed by atoms with van der Waals surface area (Å²) in [6.45, 7) is 3.38. The number of nitrogens with one attached hydrogen (secondary N) is 1. The summed E-state index contributed by atoms with van der Waals surface area (Å²) in [7, 11) is 0. The van der Waals surface area contributed by atoms with Gasteiger partial charge >= 0.3 is 0 Å².